The maximum atomic E-state index is 15.3. The van der Waals surface area contributed by atoms with E-state index in [1.54, 1.807) is 49.2 Å². The van der Waals surface area contributed by atoms with Crippen LogP contribution in [0.2, 0.25) is 0 Å². The van der Waals surface area contributed by atoms with Gasteiger partial charge in [0.2, 0.25) is 0 Å². The molecule has 4 aliphatic rings. The average Bonchev–Trinajstić information content (AvgIpc) is 3.61. The molecular weight excluding hydrogens is 905 g/mol. The molecule has 0 radical (unpaired) electrons. The minimum Gasteiger partial charge on any atom is -0.458 e. The van der Waals surface area contributed by atoms with Gasteiger partial charge in [-0.25, -0.2) is 9.59 Å². The molecule has 13 atom stereocenters. The number of amides is 1. The molecule has 15 nitrogen and oxygen atoms in total. The second-order valence-electron chi connectivity index (χ2n) is 21.3. The van der Waals surface area contributed by atoms with Crippen LogP contribution in [0, 0.1) is 29.6 Å². The highest BCUT2D eigenvalue weighted by Gasteiger charge is 2.61. The molecule has 0 spiro atoms. The lowest BCUT2D eigenvalue weighted by atomic mass is 9.73. The lowest BCUT2D eigenvalue weighted by Crippen LogP contribution is -2.61. The lowest BCUT2D eigenvalue weighted by Gasteiger charge is -2.48. The summed E-state index contributed by atoms with van der Waals surface area (Å²) in [5.74, 6) is -5.71. The summed E-state index contributed by atoms with van der Waals surface area (Å²) in [5, 5.41) is 0.976. The fourth-order valence-electron chi connectivity index (χ4n) is 11.6. The van der Waals surface area contributed by atoms with Crippen molar-refractivity contribution >= 4 is 46.6 Å². The van der Waals surface area contributed by atoms with Crippen LogP contribution in [0.5, 0.6) is 0 Å². The van der Waals surface area contributed by atoms with Crippen LogP contribution in [0.4, 0.5) is 4.79 Å². The van der Waals surface area contributed by atoms with E-state index in [2.05, 4.69) is 16.9 Å². The molecule has 71 heavy (non-hydrogen) atoms. The molecular formula is C56H76N4O11. The minimum absolute atomic E-state index is 0.0262. The van der Waals surface area contributed by atoms with Gasteiger partial charge in [-0.3, -0.25) is 19.4 Å². The van der Waals surface area contributed by atoms with Crippen molar-refractivity contribution < 1.29 is 52.4 Å². The van der Waals surface area contributed by atoms with Gasteiger partial charge in [-0.2, -0.15) is 0 Å². The van der Waals surface area contributed by atoms with Crippen molar-refractivity contribution in [2.45, 2.75) is 141 Å². The first-order chi connectivity index (χ1) is 33.7. The van der Waals surface area contributed by atoms with E-state index in [9.17, 15) is 14.4 Å². The highest BCUT2D eigenvalue weighted by atomic mass is 16.7. The van der Waals surface area contributed by atoms with Gasteiger partial charge in [0, 0.05) is 35.9 Å². The predicted molar refractivity (Wildman–Crippen MR) is 269 cm³/mol. The third-order valence-electron chi connectivity index (χ3n) is 15.6. The lowest BCUT2D eigenvalue weighted by molar-refractivity contribution is -0.296. The number of likely N-dealkylation sites (N-methyl/N-ethyl adjacent to an activating group) is 1. The first-order valence-corrected chi connectivity index (χ1v) is 25.6. The Morgan fingerprint density at radius 2 is 1.62 bits per heavy atom. The molecule has 0 bridgehead atoms. The number of hydrogen-bond acceptors (Lipinski definition) is 14. The Morgan fingerprint density at radius 1 is 0.930 bits per heavy atom. The van der Waals surface area contributed by atoms with Crippen LogP contribution in [0.1, 0.15) is 103 Å². The van der Waals surface area contributed by atoms with Crippen molar-refractivity contribution in [3.05, 3.63) is 84.1 Å². The summed E-state index contributed by atoms with van der Waals surface area (Å²) >= 11 is 0. The number of carbonyl (C=O) groups is 5. The van der Waals surface area contributed by atoms with Crippen LogP contribution >= 0.6 is 0 Å². The molecule has 4 saturated heterocycles. The van der Waals surface area contributed by atoms with Crippen molar-refractivity contribution in [1.29, 1.82) is 0 Å². The number of ketones is 2. The number of piperidine rings is 1. The van der Waals surface area contributed by atoms with E-state index in [4.69, 9.17) is 28.4 Å². The van der Waals surface area contributed by atoms with Crippen molar-refractivity contribution in [1.82, 2.24) is 19.7 Å². The second-order valence-corrected chi connectivity index (χ2v) is 21.3. The van der Waals surface area contributed by atoms with Crippen LogP contribution in [-0.2, 0) is 42.8 Å². The first-order valence-electron chi connectivity index (χ1n) is 25.6. The van der Waals surface area contributed by atoms with Gasteiger partial charge in [0.25, 0.3) is 0 Å². The molecule has 0 N–H and O–H groups in total. The number of esters is 2. The normalized spacial score (nSPS) is 34.0. The summed E-state index contributed by atoms with van der Waals surface area (Å²) in [6.07, 6.45) is 2.83. The highest BCUT2D eigenvalue weighted by molar-refractivity contribution is 6.00. The number of para-hydroxylation sites is 1. The van der Waals surface area contributed by atoms with E-state index in [-0.39, 0.29) is 43.3 Å². The molecule has 0 aliphatic carbocycles. The van der Waals surface area contributed by atoms with E-state index in [1.807, 2.05) is 102 Å². The Bertz CT molecular complexity index is 2390. The quantitative estimate of drug-likeness (QED) is 0.0974. The monoisotopic (exact) mass is 981 g/mol. The Hall–Kier alpha value is -5.06. The molecule has 0 saturated carbocycles. The van der Waals surface area contributed by atoms with Gasteiger partial charge in [-0.1, -0.05) is 76.2 Å². The summed E-state index contributed by atoms with van der Waals surface area (Å²) in [4.78, 5) is 83.4. The van der Waals surface area contributed by atoms with Gasteiger partial charge in [0.15, 0.2) is 23.8 Å². The molecule has 4 aliphatic heterocycles. The summed E-state index contributed by atoms with van der Waals surface area (Å²) in [5.41, 5.74) is -0.803. The molecule has 7 rings (SSSR count). The number of pyridine rings is 1. The van der Waals surface area contributed by atoms with Gasteiger partial charge in [0.05, 0.1) is 47.6 Å². The van der Waals surface area contributed by atoms with E-state index in [0.29, 0.717) is 18.5 Å². The second kappa shape index (κ2) is 22.8. The maximum Gasteiger partial charge on any atom is 0.410 e. The van der Waals surface area contributed by atoms with E-state index >= 15 is 9.59 Å². The standard InChI is InChI=1S/C56H76N4O11/c1-12-45-56(8)49(60(54(65)71-56)33-39-24-26-59(11)27-25-39)36(4)46(61)34(2)31-55(7,66-28-18-19-40-30-42-22-16-17-23-43(42)57-32-40)50(37(5)47(62)38(6)51(63)68-45)70-53-48(44(58(9)10)29-35(3)67-53)69-52(64)41-20-14-13-15-21-41/h13-23,30,32,34-39,44-45,48-50,53H,12,24-29,31,33H2,1-11H3/b19-18+/t34-,35-,36+,37+,38-,44+,45-,48-,49-,50-,53+,55-,56-/m1/s1. The number of likely N-dealkylation sites (tertiary alicyclic amines) is 1. The van der Waals surface area contributed by atoms with Crippen molar-refractivity contribution in [2.75, 3.05) is 47.4 Å². The van der Waals surface area contributed by atoms with Crippen molar-refractivity contribution in [3.8, 4) is 0 Å². The molecule has 1 amide bonds. The van der Waals surface area contributed by atoms with Crippen molar-refractivity contribution in [3.63, 3.8) is 0 Å². The smallest absolute Gasteiger partial charge is 0.410 e. The number of carbonyl (C=O) groups excluding carboxylic acids is 5. The summed E-state index contributed by atoms with van der Waals surface area (Å²) in [6.45, 7) is 16.4. The number of fused-ring (bicyclic) bond motifs is 2. The highest BCUT2D eigenvalue weighted by Crippen LogP contribution is 2.44. The Kier molecular flexibility index (Phi) is 17.2. The Balaban J connectivity index is 1.30. The number of rotatable bonds is 12. The molecule has 5 heterocycles. The zero-order valence-electron chi connectivity index (χ0n) is 43.6. The number of benzene rings is 2. The zero-order valence-corrected chi connectivity index (χ0v) is 43.6. The molecule has 2 aromatic carbocycles. The predicted octanol–water partition coefficient (Wildman–Crippen LogP) is 8.03. The van der Waals surface area contributed by atoms with Crippen LogP contribution < -0.4 is 0 Å². The van der Waals surface area contributed by atoms with E-state index in [1.165, 1.54) is 6.92 Å². The van der Waals surface area contributed by atoms with E-state index < -0.39 is 89.3 Å². The van der Waals surface area contributed by atoms with Gasteiger partial charge in [-0.05, 0) is 130 Å². The molecule has 1 aromatic heterocycles. The van der Waals surface area contributed by atoms with E-state index in [0.717, 1.165) is 42.4 Å². The SMILES string of the molecule is CC[C@H]1OC(=O)[C@H](C)C(=O)[C@H](C)[C@@H](O[C@@H]2O[C@H](C)C[C@H](N(C)C)[C@H]2OC(=O)c2ccccc2)[C@](C)(OC/C=C/c2cnc3ccccc3c2)C[C@@H](C)C(=O)[C@H](C)[C@H]2N(CC3CCN(C)CC3)C(=O)O[C@]12C. The number of cyclic esters (lactones) is 1. The average molecular weight is 981 g/mol. The summed E-state index contributed by atoms with van der Waals surface area (Å²) < 4.78 is 39.6. The van der Waals surface area contributed by atoms with Gasteiger partial charge in [0.1, 0.15) is 17.8 Å². The fraction of sp³-hybridized carbons (Fsp3) is 0.607. The molecule has 386 valence electrons. The molecule has 3 aromatic rings. The van der Waals surface area contributed by atoms with Crippen molar-refractivity contribution in [2.24, 2.45) is 29.6 Å². The molecule has 15 heteroatoms. The van der Waals surface area contributed by atoms with Gasteiger partial charge < -0.3 is 43.1 Å². The number of hydrogen-bond donors (Lipinski definition) is 0. The van der Waals surface area contributed by atoms with Gasteiger partial charge in [-0.15, -0.1) is 0 Å². The maximum absolute atomic E-state index is 15.3. The summed E-state index contributed by atoms with van der Waals surface area (Å²) in [6, 6.07) is 17.4. The van der Waals surface area contributed by atoms with Crippen LogP contribution in [0.25, 0.3) is 17.0 Å². The fourth-order valence-corrected chi connectivity index (χ4v) is 11.6. The topological polar surface area (TPSA) is 163 Å². The number of aromatic nitrogens is 1. The number of nitrogens with zero attached hydrogens (tertiary/aromatic N) is 4. The minimum atomic E-state index is -1.44. The number of ether oxygens (including phenoxy) is 6. The molecule has 0 unspecified atom stereocenters. The van der Waals surface area contributed by atoms with Crippen LogP contribution in [0.15, 0.2) is 72.9 Å². The van der Waals surface area contributed by atoms with Crippen LogP contribution in [-0.4, -0.2) is 151 Å². The summed E-state index contributed by atoms with van der Waals surface area (Å²) in [7, 11) is 5.88. The first kappa shape index (κ1) is 53.7. The zero-order chi connectivity index (χ0) is 51.4. The van der Waals surface area contributed by atoms with Crippen LogP contribution in [0.3, 0.4) is 0 Å². The third-order valence-corrected chi connectivity index (χ3v) is 15.6. The number of Topliss-reactive ketones (excluding diaryl/α,β-unsaturated/α-hetero) is 2. The Morgan fingerprint density at radius 3 is 2.31 bits per heavy atom. The third kappa shape index (κ3) is 11.9. The molecule has 4 fully saturated rings. The van der Waals surface area contributed by atoms with Gasteiger partial charge >= 0.3 is 18.0 Å². The largest absolute Gasteiger partial charge is 0.458 e. The Labute approximate surface area is 419 Å².